The van der Waals surface area contributed by atoms with Crippen molar-refractivity contribution in [2.24, 2.45) is 0 Å². The van der Waals surface area contributed by atoms with Gasteiger partial charge in [-0.05, 0) is 90.9 Å². The average molecular weight is 799 g/mol. The predicted molar refractivity (Wildman–Crippen MR) is 256 cm³/mol. The second-order valence-corrected chi connectivity index (χ2v) is 15.2. The van der Waals surface area contributed by atoms with Crippen molar-refractivity contribution in [2.75, 3.05) is 9.80 Å². The molecule has 0 fully saturated rings. The SMILES string of the molecule is [2H]c1c([2H])c([2H])c(N(c2cccc(C#N)c2)c2ccc3c4cc5c(cc4n4c6ccccc6c2c34)c2ccc(N(c3cccc([N+]#[C-])c3)c3c([2H])c([2H])c([2H])c([2H])c3[2H])c3c4ccccc4n5c23)c([2H])c1[2H]. The predicted octanol–water partition coefficient (Wildman–Crippen LogP) is 15.3. The van der Waals surface area contributed by atoms with Crippen molar-refractivity contribution in [2.45, 2.75) is 0 Å². The number of fused-ring (bicyclic) bond motifs is 12. The summed E-state index contributed by atoms with van der Waals surface area (Å²) in [6.07, 6.45) is 0. The van der Waals surface area contributed by atoms with Crippen LogP contribution in [0.25, 0.3) is 81.0 Å². The third-order valence-corrected chi connectivity index (χ3v) is 12.1. The highest BCUT2D eigenvalue weighted by Crippen LogP contribution is 2.51. The van der Waals surface area contributed by atoms with Crippen LogP contribution >= 0.6 is 0 Å². The summed E-state index contributed by atoms with van der Waals surface area (Å²) < 4.78 is 92.7. The van der Waals surface area contributed by atoms with Crippen LogP contribution in [0.5, 0.6) is 0 Å². The molecule has 0 aliphatic heterocycles. The molecule has 0 saturated carbocycles. The highest BCUT2D eigenvalue weighted by Gasteiger charge is 2.28. The Morgan fingerprint density at radius 3 is 1.48 bits per heavy atom. The van der Waals surface area contributed by atoms with Crippen LogP contribution in [0.15, 0.2) is 194 Å². The van der Waals surface area contributed by atoms with Crippen LogP contribution in [0.3, 0.4) is 0 Å². The molecule has 0 N–H and O–H groups in total. The first-order chi connectivity index (χ1) is 34.8. The van der Waals surface area contributed by atoms with Gasteiger partial charge in [0.1, 0.15) is 0 Å². The number of hydrogen-bond acceptors (Lipinski definition) is 3. The van der Waals surface area contributed by atoms with Crippen LogP contribution in [-0.2, 0) is 0 Å². The maximum Gasteiger partial charge on any atom is 0.189 e. The van der Waals surface area contributed by atoms with E-state index < -0.39 is 36.3 Å². The number of hydrogen-bond donors (Lipinski definition) is 0. The molecule has 0 amide bonds. The molecule has 0 atom stereocenters. The molecule has 4 heterocycles. The quantitative estimate of drug-likeness (QED) is 0.157. The normalized spacial score (nSPS) is 14.1. The lowest BCUT2D eigenvalue weighted by Crippen LogP contribution is -2.10. The van der Waals surface area contributed by atoms with Gasteiger partial charge in [-0.2, -0.15) is 5.26 Å². The van der Waals surface area contributed by atoms with Crippen molar-refractivity contribution in [3.05, 3.63) is 211 Å². The number of para-hydroxylation sites is 4. The van der Waals surface area contributed by atoms with Gasteiger partial charge in [-0.25, -0.2) is 4.85 Å². The van der Waals surface area contributed by atoms with E-state index in [0.29, 0.717) is 34.0 Å². The second kappa shape index (κ2) is 12.8. The van der Waals surface area contributed by atoms with E-state index in [9.17, 15) is 10.7 Å². The molecule has 0 unspecified atom stereocenters. The topological polar surface area (TPSA) is 43.5 Å². The van der Waals surface area contributed by atoms with E-state index in [1.165, 1.54) is 0 Å². The number of nitriles is 1. The highest BCUT2D eigenvalue weighted by molar-refractivity contribution is 6.32. The molecule has 6 heteroatoms. The van der Waals surface area contributed by atoms with Crippen molar-refractivity contribution in [3.8, 4) is 6.07 Å². The summed E-state index contributed by atoms with van der Waals surface area (Å²) in [7, 11) is 0. The summed E-state index contributed by atoms with van der Waals surface area (Å²) in [6.45, 7) is 7.84. The van der Waals surface area contributed by atoms with Gasteiger partial charge in [0.05, 0.1) is 76.4 Å². The van der Waals surface area contributed by atoms with Gasteiger partial charge in [-0.1, -0.05) is 103 Å². The lowest BCUT2D eigenvalue weighted by atomic mass is 10.0. The smallest absolute Gasteiger partial charge is 0.189 e. The Hall–Kier alpha value is -8.84. The molecule has 0 aliphatic carbocycles. The third-order valence-electron chi connectivity index (χ3n) is 12.1. The van der Waals surface area contributed by atoms with Crippen LogP contribution < -0.4 is 9.80 Å². The van der Waals surface area contributed by atoms with Gasteiger partial charge >= 0.3 is 0 Å². The summed E-state index contributed by atoms with van der Waals surface area (Å²) >= 11 is 0. The zero-order valence-corrected chi connectivity index (χ0v) is 32.4. The van der Waals surface area contributed by atoms with E-state index >= 15 is 0 Å². The number of benzene rings is 9. The molecular formula is C56H32N6. The Labute approximate surface area is 369 Å². The molecule has 0 radical (unpaired) electrons. The first-order valence-corrected chi connectivity index (χ1v) is 19.9. The van der Waals surface area contributed by atoms with Gasteiger partial charge in [-0.3, -0.25) is 0 Å². The molecule has 0 spiro atoms. The summed E-state index contributed by atoms with van der Waals surface area (Å²) in [5, 5.41) is 17.0. The fourth-order valence-corrected chi connectivity index (χ4v) is 9.75. The largest absolute Gasteiger partial charge is 0.311 e. The van der Waals surface area contributed by atoms with E-state index in [1.54, 1.807) is 58.3 Å². The maximum atomic E-state index is 10.0. The van der Waals surface area contributed by atoms with Crippen LogP contribution in [0.2, 0.25) is 0 Å². The zero-order valence-electron chi connectivity index (χ0n) is 42.4. The molecule has 9 aromatic carbocycles. The van der Waals surface area contributed by atoms with Crippen molar-refractivity contribution in [3.63, 3.8) is 0 Å². The minimum absolute atomic E-state index is 0.0490. The Balaban J connectivity index is 1.14. The average Bonchev–Trinajstić information content (AvgIpc) is 4.14. The van der Waals surface area contributed by atoms with Gasteiger partial charge in [0, 0.05) is 65.8 Å². The van der Waals surface area contributed by atoms with Crippen molar-refractivity contribution in [1.82, 2.24) is 8.80 Å². The van der Waals surface area contributed by atoms with Crippen LogP contribution in [0.1, 0.15) is 19.3 Å². The number of aromatic nitrogens is 2. The van der Waals surface area contributed by atoms with Crippen molar-refractivity contribution in [1.29, 1.82) is 5.26 Å². The van der Waals surface area contributed by atoms with Gasteiger partial charge in [0.2, 0.25) is 0 Å². The molecule has 6 nitrogen and oxygen atoms in total. The number of nitrogens with zero attached hydrogens (tertiary/aromatic N) is 6. The van der Waals surface area contributed by atoms with Crippen LogP contribution in [-0.4, -0.2) is 8.80 Å². The Morgan fingerprint density at radius 2 is 0.968 bits per heavy atom. The molecule has 4 aromatic heterocycles. The molecule has 0 aliphatic rings. The molecule has 0 saturated heterocycles. The summed E-state index contributed by atoms with van der Waals surface area (Å²) in [6, 6.07) is 39.4. The van der Waals surface area contributed by atoms with E-state index in [2.05, 4.69) is 31.8 Å². The summed E-state index contributed by atoms with van der Waals surface area (Å²) in [4.78, 5) is 7.02. The summed E-state index contributed by atoms with van der Waals surface area (Å²) in [5.74, 6) is 0. The van der Waals surface area contributed by atoms with Gasteiger partial charge < -0.3 is 18.6 Å². The summed E-state index contributed by atoms with van der Waals surface area (Å²) in [5.41, 5.74) is 7.84. The molecule has 286 valence electrons. The van der Waals surface area contributed by atoms with Crippen LogP contribution in [0.4, 0.5) is 39.8 Å². The van der Waals surface area contributed by atoms with E-state index in [-0.39, 0.29) is 35.5 Å². The molecule has 13 rings (SSSR count). The Morgan fingerprint density at radius 1 is 0.468 bits per heavy atom. The van der Waals surface area contributed by atoms with E-state index in [0.717, 1.165) is 76.2 Å². The molecule has 62 heavy (non-hydrogen) atoms. The van der Waals surface area contributed by atoms with Gasteiger partial charge in [0.25, 0.3) is 0 Å². The third kappa shape index (κ3) is 4.61. The lowest BCUT2D eigenvalue weighted by molar-refractivity contribution is 1.29. The van der Waals surface area contributed by atoms with E-state index in [1.807, 2.05) is 72.8 Å². The highest BCUT2D eigenvalue weighted by atomic mass is 15.2. The first-order valence-electron chi connectivity index (χ1n) is 24.9. The number of anilines is 6. The van der Waals surface area contributed by atoms with Gasteiger partial charge in [-0.15, -0.1) is 0 Å². The standard InChI is InChI=1S/C56H32N6/c1-58-36-15-13-21-40(31-36)60(38-18-6-3-7-19-38)50-29-27-42-46-33-51-45(32-52(46)62-48-25-11-9-23-44(48)54(50)56(42)62)41-26-28-49(53-43-22-8-10-24-47(43)61(51)55(41)53)59(37-16-4-2-5-17-37)39-20-12-14-35(30-39)34-57/h2-33H/i2D,3D,4D,5D,6D,7D,16D,17D,18D,19D. The van der Waals surface area contributed by atoms with Crippen molar-refractivity contribution >= 4 is 116 Å². The maximum absolute atomic E-state index is 10.0. The van der Waals surface area contributed by atoms with Crippen molar-refractivity contribution < 1.29 is 13.7 Å². The first kappa shape index (κ1) is 25.6. The minimum Gasteiger partial charge on any atom is -0.311 e. The molecule has 13 aromatic rings. The monoisotopic (exact) mass is 798 g/mol. The Kier molecular flexibility index (Phi) is 5.30. The zero-order chi connectivity index (χ0) is 49.8. The fourth-order valence-electron chi connectivity index (χ4n) is 9.75. The van der Waals surface area contributed by atoms with Crippen LogP contribution in [0, 0.1) is 17.9 Å². The Bertz CT molecular complexity index is 4290. The lowest BCUT2D eigenvalue weighted by Gasteiger charge is -2.26. The van der Waals surface area contributed by atoms with Gasteiger partial charge in [0.15, 0.2) is 5.69 Å². The molecule has 0 bridgehead atoms. The second-order valence-electron chi connectivity index (χ2n) is 15.2. The molecular weight excluding hydrogens is 757 g/mol. The minimum atomic E-state index is -0.513. The van der Waals surface area contributed by atoms with E-state index in [4.69, 9.17) is 14.8 Å². The number of rotatable bonds is 6. The fraction of sp³-hybridized carbons (Fsp3) is 0.